The third-order valence-electron chi connectivity index (χ3n) is 3.58. The number of aliphatic hydroxyl groups is 1. The van der Waals surface area contributed by atoms with Crippen LogP contribution in [0.3, 0.4) is 0 Å². The van der Waals surface area contributed by atoms with Crippen molar-refractivity contribution in [2.24, 2.45) is 17.4 Å². The third kappa shape index (κ3) is 2.42. The van der Waals surface area contributed by atoms with E-state index in [9.17, 15) is 13.9 Å². The van der Waals surface area contributed by atoms with Gasteiger partial charge in [0.1, 0.15) is 5.60 Å². The molecule has 0 saturated carbocycles. The largest absolute Gasteiger partial charge is 0.403 e. The van der Waals surface area contributed by atoms with Gasteiger partial charge in [0, 0.05) is 17.7 Å². The second-order valence-electron chi connectivity index (χ2n) is 5.20. The summed E-state index contributed by atoms with van der Waals surface area (Å²) in [5.41, 5.74) is 10.1. The number of aromatic nitrogens is 1. The van der Waals surface area contributed by atoms with Crippen LogP contribution in [0.5, 0.6) is 0 Å². The maximum Gasteiger partial charge on any atom is 0.161 e. The first-order valence-electron chi connectivity index (χ1n) is 6.47. The van der Waals surface area contributed by atoms with Crippen LogP contribution < -0.4 is 11.5 Å². The van der Waals surface area contributed by atoms with E-state index in [1.807, 2.05) is 0 Å². The highest BCUT2D eigenvalue weighted by atomic mass is 19.2. The lowest BCUT2D eigenvalue weighted by Crippen LogP contribution is -2.39. The van der Waals surface area contributed by atoms with Crippen LogP contribution >= 0.6 is 0 Å². The van der Waals surface area contributed by atoms with Crippen LogP contribution in [0.25, 0.3) is 10.9 Å². The Bertz CT molecular complexity index is 715. The smallest absolute Gasteiger partial charge is 0.161 e. The molecule has 0 spiro atoms. The van der Waals surface area contributed by atoms with Gasteiger partial charge in [0.15, 0.2) is 11.6 Å². The van der Waals surface area contributed by atoms with E-state index < -0.39 is 17.2 Å². The monoisotopic (exact) mass is 293 g/mol. The third-order valence-corrected chi connectivity index (χ3v) is 3.58. The molecule has 1 unspecified atom stereocenters. The van der Waals surface area contributed by atoms with Gasteiger partial charge in [-0.1, -0.05) is 19.9 Å². The zero-order valence-corrected chi connectivity index (χ0v) is 11.8. The van der Waals surface area contributed by atoms with Gasteiger partial charge in [0.25, 0.3) is 0 Å². The molecule has 0 saturated heterocycles. The second kappa shape index (κ2) is 5.29. The summed E-state index contributed by atoms with van der Waals surface area (Å²) in [4.78, 5) is 4.21. The summed E-state index contributed by atoms with van der Waals surface area (Å²) in [5, 5.41) is 11.2. The molecule has 112 valence electrons. The summed E-state index contributed by atoms with van der Waals surface area (Å²) in [5.74, 6) is -2.26. The van der Waals surface area contributed by atoms with Gasteiger partial charge in [-0.3, -0.25) is 0 Å². The van der Waals surface area contributed by atoms with E-state index >= 15 is 0 Å². The van der Waals surface area contributed by atoms with Crippen molar-refractivity contribution in [3.63, 3.8) is 0 Å². The Balaban J connectivity index is 2.68. The van der Waals surface area contributed by atoms with Crippen molar-refractivity contribution < 1.29 is 13.9 Å². The van der Waals surface area contributed by atoms with E-state index in [4.69, 9.17) is 11.5 Å². The minimum absolute atomic E-state index is 0.0481. The highest BCUT2D eigenvalue weighted by Crippen LogP contribution is 2.34. The van der Waals surface area contributed by atoms with Crippen LogP contribution in [0.2, 0.25) is 0 Å². The minimum atomic E-state index is -1.58. The molecule has 1 atom stereocenters. The number of rotatable bonds is 3. The molecule has 5 N–H and O–H groups in total. The Hall–Kier alpha value is -2.21. The van der Waals surface area contributed by atoms with E-state index in [-0.39, 0.29) is 22.8 Å². The highest BCUT2D eigenvalue weighted by Gasteiger charge is 2.37. The second-order valence-corrected chi connectivity index (χ2v) is 5.20. The van der Waals surface area contributed by atoms with Crippen molar-refractivity contribution in [1.82, 2.24) is 4.98 Å². The molecule has 0 bridgehead atoms. The maximum atomic E-state index is 13.3. The van der Waals surface area contributed by atoms with Gasteiger partial charge in [-0.15, -0.1) is 0 Å². The van der Waals surface area contributed by atoms with E-state index in [2.05, 4.69) is 4.98 Å². The summed E-state index contributed by atoms with van der Waals surface area (Å²) in [6.07, 6.45) is 1.11. The van der Waals surface area contributed by atoms with E-state index in [1.165, 1.54) is 6.07 Å². The number of pyridine rings is 1. The van der Waals surface area contributed by atoms with Crippen LogP contribution in [-0.2, 0) is 5.60 Å². The van der Waals surface area contributed by atoms with Crippen LogP contribution in [0.15, 0.2) is 36.2 Å². The Morgan fingerprint density at radius 2 is 1.90 bits per heavy atom. The van der Waals surface area contributed by atoms with Crippen LogP contribution in [0, 0.1) is 17.6 Å². The van der Waals surface area contributed by atoms with Crippen molar-refractivity contribution in [1.29, 1.82) is 0 Å². The predicted molar refractivity (Wildman–Crippen MR) is 76.9 cm³/mol. The predicted octanol–water partition coefficient (Wildman–Crippen LogP) is 2.12. The molecule has 1 aromatic carbocycles. The molecule has 0 radical (unpaired) electrons. The van der Waals surface area contributed by atoms with Crippen LogP contribution in [0.1, 0.15) is 19.5 Å². The summed E-state index contributed by atoms with van der Waals surface area (Å²) in [6, 6.07) is 5.11. The number of nitrogens with zero attached hydrogens (tertiary/aromatic N) is 1. The average Bonchev–Trinajstić information content (AvgIpc) is 2.46. The SMILES string of the molecule is CC(C)C(O)(/C(N)=C/N)c1ccc2cc(F)c(F)cc2n1. The van der Waals surface area contributed by atoms with Gasteiger partial charge in [0.05, 0.1) is 16.9 Å². The molecule has 2 aromatic rings. The van der Waals surface area contributed by atoms with Gasteiger partial charge in [-0.25, -0.2) is 13.8 Å². The first-order valence-corrected chi connectivity index (χ1v) is 6.47. The molecule has 0 aliphatic heterocycles. The minimum Gasteiger partial charge on any atom is -0.403 e. The fraction of sp³-hybridized carbons (Fsp3) is 0.267. The summed E-state index contributed by atoms with van der Waals surface area (Å²) >= 11 is 0. The molecule has 2 rings (SSSR count). The number of hydrogen-bond acceptors (Lipinski definition) is 4. The van der Waals surface area contributed by atoms with Gasteiger partial charge < -0.3 is 16.6 Å². The van der Waals surface area contributed by atoms with E-state index in [1.54, 1.807) is 19.9 Å². The molecule has 0 fully saturated rings. The lowest BCUT2D eigenvalue weighted by molar-refractivity contribution is 0.0218. The molecule has 0 amide bonds. The first kappa shape index (κ1) is 15.2. The maximum absolute atomic E-state index is 13.3. The van der Waals surface area contributed by atoms with Gasteiger partial charge in [-0.05, 0) is 18.1 Å². The highest BCUT2D eigenvalue weighted by molar-refractivity contribution is 5.79. The van der Waals surface area contributed by atoms with E-state index in [0.29, 0.717) is 5.39 Å². The lowest BCUT2D eigenvalue weighted by Gasteiger charge is -2.32. The molecule has 21 heavy (non-hydrogen) atoms. The Labute approximate surface area is 121 Å². The van der Waals surface area contributed by atoms with Crippen molar-refractivity contribution >= 4 is 10.9 Å². The average molecular weight is 293 g/mol. The Morgan fingerprint density at radius 1 is 1.29 bits per heavy atom. The summed E-state index contributed by atoms with van der Waals surface area (Å²) in [7, 11) is 0. The van der Waals surface area contributed by atoms with Crippen molar-refractivity contribution in [2.45, 2.75) is 19.4 Å². The molecular formula is C15H17F2N3O. The van der Waals surface area contributed by atoms with E-state index in [0.717, 1.165) is 18.3 Å². The first-order chi connectivity index (χ1) is 9.80. The zero-order chi connectivity index (χ0) is 15.8. The van der Waals surface area contributed by atoms with Crippen LogP contribution in [-0.4, -0.2) is 10.1 Å². The number of benzene rings is 1. The number of fused-ring (bicyclic) bond motifs is 1. The molecule has 1 heterocycles. The van der Waals surface area contributed by atoms with Crippen LogP contribution in [0.4, 0.5) is 8.78 Å². The fourth-order valence-electron chi connectivity index (χ4n) is 2.23. The summed E-state index contributed by atoms with van der Waals surface area (Å²) in [6.45, 7) is 3.51. The Kier molecular flexibility index (Phi) is 3.82. The number of hydrogen-bond donors (Lipinski definition) is 3. The molecule has 4 nitrogen and oxygen atoms in total. The Morgan fingerprint density at radius 3 is 2.48 bits per heavy atom. The zero-order valence-electron chi connectivity index (χ0n) is 11.8. The standard InChI is InChI=1S/C15H17F2N3O/c1-8(2)15(21,13(19)7-18)14-4-3-9-5-10(16)11(17)6-12(9)20-14/h3-8,21H,18-19H2,1-2H3/b13-7-. The van der Waals surface area contributed by atoms with Gasteiger partial charge in [0.2, 0.25) is 0 Å². The topological polar surface area (TPSA) is 85.2 Å². The van der Waals surface area contributed by atoms with Gasteiger partial charge >= 0.3 is 0 Å². The lowest BCUT2D eigenvalue weighted by atomic mass is 9.84. The molecule has 6 heteroatoms. The van der Waals surface area contributed by atoms with Gasteiger partial charge in [-0.2, -0.15) is 0 Å². The molecule has 0 aliphatic rings. The molecule has 1 aromatic heterocycles. The number of halogens is 2. The number of nitrogens with two attached hydrogens (primary N) is 2. The molecular weight excluding hydrogens is 276 g/mol. The van der Waals surface area contributed by atoms with Crippen molar-refractivity contribution in [3.05, 3.63) is 53.5 Å². The quantitative estimate of drug-likeness (QED) is 0.809. The fourth-order valence-corrected chi connectivity index (χ4v) is 2.23. The normalized spacial score (nSPS) is 15.4. The van der Waals surface area contributed by atoms with Crippen molar-refractivity contribution in [2.75, 3.05) is 0 Å². The molecule has 0 aliphatic carbocycles. The van der Waals surface area contributed by atoms with Crippen molar-refractivity contribution in [3.8, 4) is 0 Å². The summed E-state index contributed by atoms with van der Waals surface area (Å²) < 4.78 is 26.5.